The van der Waals surface area contributed by atoms with Crippen LogP contribution in [0.1, 0.15) is 18.2 Å². The van der Waals surface area contributed by atoms with Gasteiger partial charge in [0.2, 0.25) is 5.95 Å². The number of hydrogen-bond acceptors (Lipinski definition) is 2. The summed E-state index contributed by atoms with van der Waals surface area (Å²) in [4.78, 5) is 10.5. The number of hydrogen-bond donors (Lipinski definition) is 0. The van der Waals surface area contributed by atoms with Gasteiger partial charge in [0, 0.05) is 38.4 Å². The zero-order valence-corrected chi connectivity index (χ0v) is 23.8. The maximum absolute atomic E-state index is 5.31. The lowest BCUT2D eigenvalue weighted by Gasteiger charge is -2.14. The molecule has 0 bridgehead atoms. The highest BCUT2D eigenvalue weighted by molar-refractivity contribution is 6.19. The van der Waals surface area contributed by atoms with Crippen molar-refractivity contribution in [2.45, 2.75) is 6.92 Å². The van der Waals surface area contributed by atoms with Crippen molar-refractivity contribution in [2.24, 2.45) is 0 Å². The van der Waals surface area contributed by atoms with E-state index in [4.69, 9.17) is 9.97 Å². The maximum Gasteiger partial charge on any atom is 0.235 e. The number of aromatic nitrogens is 4. The van der Waals surface area contributed by atoms with Crippen molar-refractivity contribution in [3.63, 3.8) is 0 Å². The second-order valence-corrected chi connectivity index (χ2v) is 10.6. The highest BCUT2D eigenvalue weighted by Crippen LogP contribution is 2.41. The molecule has 0 saturated carbocycles. The van der Waals surface area contributed by atoms with E-state index in [1.807, 2.05) is 24.3 Å². The Hall–Kier alpha value is -5.74. The zero-order valence-electron chi connectivity index (χ0n) is 23.8. The second-order valence-electron chi connectivity index (χ2n) is 10.6. The molecule has 0 spiro atoms. The Kier molecular flexibility index (Phi) is 5.80. The molecule has 4 nitrogen and oxygen atoms in total. The molecule has 204 valence electrons. The number of fused-ring (bicyclic) bond motifs is 6. The molecule has 4 heteroatoms. The van der Waals surface area contributed by atoms with Crippen LogP contribution in [0.5, 0.6) is 0 Å². The van der Waals surface area contributed by atoms with Crippen LogP contribution in [0.2, 0.25) is 0 Å². The van der Waals surface area contributed by atoms with E-state index in [0.717, 1.165) is 61.0 Å². The van der Waals surface area contributed by atoms with Crippen LogP contribution in [0, 0.1) is 0 Å². The molecule has 43 heavy (non-hydrogen) atoms. The quantitative estimate of drug-likeness (QED) is 0.213. The third-order valence-electron chi connectivity index (χ3n) is 8.22. The van der Waals surface area contributed by atoms with E-state index in [9.17, 15) is 0 Å². The standard InChI is InChI=1S/C39H28N4/c1-3-15-28-30-24-25-31-29-20-12-14-23-35(29)42(27-18-9-6-10-19-27)37(31)38(30)43(34(28)4-2)39-40-33-22-13-11-21-32(33)36(41-39)26-16-7-5-8-17-26/h3-25H,2H2,1H3/b15-3-. The normalized spacial score (nSPS) is 11.8. The first kappa shape index (κ1) is 25.0. The summed E-state index contributed by atoms with van der Waals surface area (Å²) in [5, 5.41) is 4.52. The van der Waals surface area contributed by atoms with Crippen LogP contribution in [-0.2, 0) is 0 Å². The molecule has 3 aromatic heterocycles. The minimum absolute atomic E-state index is 0.616. The summed E-state index contributed by atoms with van der Waals surface area (Å²) in [7, 11) is 0. The molecule has 0 N–H and O–H groups in total. The van der Waals surface area contributed by atoms with Crippen molar-refractivity contribution in [2.75, 3.05) is 0 Å². The van der Waals surface area contributed by atoms with Gasteiger partial charge in [-0.1, -0.05) is 116 Å². The fourth-order valence-corrected chi connectivity index (χ4v) is 6.44. The summed E-state index contributed by atoms with van der Waals surface area (Å²) in [6, 6.07) is 42.3. The molecule has 0 unspecified atom stereocenters. The molecule has 3 heterocycles. The van der Waals surface area contributed by atoms with Gasteiger partial charge in [-0.15, -0.1) is 0 Å². The monoisotopic (exact) mass is 552 g/mol. The molecule has 0 radical (unpaired) electrons. The topological polar surface area (TPSA) is 35.6 Å². The summed E-state index contributed by atoms with van der Waals surface area (Å²) in [5.41, 5.74) is 9.32. The largest absolute Gasteiger partial charge is 0.307 e. The van der Waals surface area contributed by atoms with Crippen LogP contribution in [0.4, 0.5) is 0 Å². The second kappa shape index (κ2) is 9.97. The van der Waals surface area contributed by atoms with Crippen molar-refractivity contribution in [3.8, 4) is 22.9 Å². The van der Waals surface area contributed by atoms with Gasteiger partial charge in [-0.25, -0.2) is 9.97 Å². The van der Waals surface area contributed by atoms with Crippen molar-refractivity contribution >= 4 is 55.8 Å². The van der Waals surface area contributed by atoms with Gasteiger partial charge in [0.1, 0.15) is 0 Å². The van der Waals surface area contributed by atoms with E-state index in [1.165, 1.54) is 10.8 Å². The fraction of sp³-hybridized carbons (Fsp3) is 0.0256. The van der Waals surface area contributed by atoms with Gasteiger partial charge in [0.15, 0.2) is 0 Å². The molecular formula is C39H28N4. The van der Waals surface area contributed by atoms with Crippen molar-refractivity contribution in [1.29, 1.82) is 0 Å². The van der Waals surface area contributed by atoms with Crippen LogP contribution >= 0.6 is 0 Å². The molecule has 0 fully saturated rings. The Morgan fingerprint density at radius 1 is 0.605 bits per heavy atom. The molecule has 0 aliphatic rings. The Labute approximate surface area is 249 Å². The fourth-order valence-electron chi connectivity index (χ4n) is 6.44. The number of allylic oxidation sites excluding steroid dienone is 1. The Morgan fingerprint density at radius 3 is 2.02 bits per heavy atom. The predicted molar refractivity (Wildman–Crippen MR) is 181 cm³/mol. The highest BCUT2D eigenvalue weighted by atomic mass is 15.2. The zero-order chi connectivity index (χ0) is 28.9. The van der Waals surface area contributed by atoms with E-state index in [1.54, 1.807) is 0 Å². The van der Waals surface area contributed by atoms with Gasteiger partial charge in [-0.05, 0) is 37.3 Å². The Bertz CT molecular complexity index is 2360. The minimum Gasteiger partial charge on any atom is -0.307 e. The molecule has 0 saturated heterocycles. The first-order valence-corrected chi connectivity index (χ1v) is 14.5. The van der Waals surface area contributed by atoms with E-state index in [0.29, 0.717) is 5.95 Å². The number of rotatable bonds is 5. The van der Waals surface area contributed by atoms with Crippen LogP contribution in [0.3, 0.4) is 0 Å². The van der Waals surface area contributed by atoms with Gasteiger partial charge >= 0.3 is 0 Å². The van der Waals surface area contributed by atoms with Crippen molar-refractivity contribution in [1.82, 2.24) is 19.1 Å². The number of para-hydroxylation sites is 3. The lowest BCUT2D eigenvalue weighted by Crippen LogP contribution is -2.06. The summed E-state index contributed by atoms with van der Waals surface area (Å²) in [6.07, 6.45) is 6.17. The van der Waals surface area contributed by atoms with Gasteiger partial charge in [0.05, 0.1) is 33.5 Å². The molecule has 0 aliphatic heterocycles. The maximum atomic E-state index is 5.31. The van der Waals surface area contributed by atoms with E-state index in [2.05, 4.69) is 138 Å². The average molecular weight is 553 g/mol. The molecule has 0 aliphatic carbocycles. The molecule has 5 aromatic carbocycles. The smallest absolute Gasteiger partial charge is 0.235 e. The lowest BCUT2D eigenvalue weighted by atomic mass is 10.1. The third-order valence-corrected chi connectivity index (χ3v) is 8.22. The van der Waals surface area contributed by atoms with E-state index in [-0.39, 0.29) is 0 Å². The van der Waals surface area contributed by atoms with Crippen LogP contribution in [-0.4, -0.2) is 19.1 Å². The summed E-state index contributed by atoms with van der Waals surface area (Å²) >= 11 is 0. The Balaban J connectivity index is 1.60. The molecular weight excluding hydrogens is 524 g/mol. The first-order chi connectivity index (χ1) is 21.3. The molecule has 0 atom stereocenters. The molecule has 8 rings (SSSR count). The highest BCUT2D eigenvalue weighted by Gasteiger charge is 2.24. The lowest BCUT2D eigenvalue weighted by molar-refractivity contribution is 0.972. The number of nitrogens with zero attached hydrogens (tertiary/aromatic N) is 4. The van der Waals surface area contributed by atoms with Gasteiger partial charge in [0.25, 0.3) is 0 Å². The first-order valence-electron chi connectivity index (χ1n) is 14.5. The summed E-state index contributed by atoms with van der Waals surface area (Å²) in [6.45, 7) is 6.34. The van der Waals surface area contributed by atoms with Crippen LogP contribution < -0.4 is 0 Å². The van der Waals surface area contributed by atoms with E-state index < -0.39 is 0 Å². The van der Waals surface area contributed by atoms with Crippen LogP contribution in [0.15, 0.2) is 134 Å². The van der Waals surface area contributed by atoms with Crippen LogP contribution in [0.25, 0.3) is 78.7 Å². The molecule has 0 amide bonds. The van der Waals surface area contributed by atoms with Gasteiger partial charge < -0.3 is 4.57 Å². The third kappa shape index (κ3) is 3.77. The van der Waals surface area contributed by atoms with Crippen molar-refractivity contribution < 1.29 is 0 Å². The predicted octanol–water partition coefficient (Wildman–Crippen LogP) is 10.0. The van der Waals surface area contributed by atoms with Gasteiger partial charge in [-0.2, -0.15) is 0 Å². The summed E-state index contributed by atoms with van der Waals surface area (Å²) < 4.78 is 4.58. The Morgan fingerprint density at radius 2 is 1.26 bits per heavy atom. The van der Waals surface area contributed by atoms with Crippen molar-refractivity contribution in [3.05, 3.63) is 145 Å². The SMILES string of the molecule is C=Cc1c(/C=C\C)c2ccc3c4ccccc4n(-c4ccccc4)c3c2n1-c1nc(-c2ccccc2)c2ccccc2n1. The minimum atomic E-state index is 0.616. The average Bonchev–Trinajstić information content (AvgIpc) is 3.58. The molecule has 8 aromatic rings. The van der Waals surface area contributed by atoms with E-state index >= 15 is 0 Å². The van der Waals surface area contributed by atoms with Gasteiger partial charge in [-0.3, -0.25) is 4.57 Å². The number of benzene rings is 5. The summed E-state index contributed by atoms with van der Waals surface area (Å²) in [5.74, 6) is 0.616.